The lowest BCUT2D eigenvalue weighted by molar-refractivity contribution is -0.120. The molecule has 3 rings (SSSR count). The Morgan fingerprint density at radius 1 is 1.25 bits per heavy atom. The lowest BCUT2D eigenvalue weighted by Gasteiger charge is -2.38. The van der Waals surface area contributed by atoms with Crippen LogP contribution in [0, 0.1) is 0 Å². The van der Waals surface area contributed by atoms with Crippen molar-refractivity contribution in [1.29, 1.82) is 0 Å². The molecule has 8 nitrogen and oxygen atoms in total. The number of ether oxygens (including phenoxy) is 3. The van der Waals surface area contributed by atoms with Crippen molar-refractivity contribution >= 4 is 21.6 Å². The molecule has 1 N–H and O–H groups in total. The molecule has 0 aliphatic carbocycles. The number of amides is 1. The van der Waals surface area contributed by atoms with Gasteiger partial charge in [0.2, 0.25) is 15.9 Å². The Hall–Kier alpha value is -2.94. The summed E-state index contributed by atoms with van der Waals surface area (Å²) in [5, 5.41) is 2.98. The van der Waals surface area contributed by atoms with E-state index in [-0.39, 0.29) is 12.6 Å². The summed E-state index contributed by atoms with van der Waals surface area (Å²) >= 11 is 0. The van der Waals surface area contributed by atoms with Crippen LogP contribution in [0.1, 0.15) is 38.8 Å². The molecule has 2 aromatic carbocycles. The molecular weight excluding hydrogens is 432 g/mol. The van der Waals surface area contributed by atoms with E-state index in [0.717, 1.165) is 16.1 Å². The Morgan fingerprint density at radius 3 is 2.62 bits per heavy atom. The zero-order chi connectivity index (χ0) is 23.5. The maximum Gasteiger partial charge on any atom is 0.241 e. The minimum Gasteiger partial charge on any atom is -0.497 e. The number of hydrogen-bond acceptors (Lipinski definition) is 6. The first-order valence-corrected chi connectivity index (χ1v) is 12.2. The van der Waals surface area contributed by atoms with Gasteiger partial charge >= 0.3 is 0 Å². The number of rotatable bonds is 8. The van der Waals surface area contributed by atoms with E-state index in [1.807, 2.05) is 32.9 Å². The van der Waals surface area contributed by atoms with Crippen molar-refractivity contribution in [3.63, 3.8) is 0 Å². The van der Waals surface area contributed by atoms with E-state index in [0.29, 0.717) is 36.0 Å². The molecule has 0 bridgehead atoms. The molecule has 0 spiro atoms. The minimum atomic E-state index is -3.74. The van der Waals surface area contributed by atoms with Crippen LogP contribution in [0.15, 0.2) is 42.5 Å². The van der Waals surface area contributed by atoms with Crippen LogP contribution in [0.2, 0.25) is 0 Å². The molecule has 1 unspecified atom stereocenters. The van der Waals surface area contributed by atoms with Crippen molar-refractivity contribution in [2.75, 3.05) is 30.8 Å². The topological polar surface area (TPSA) is 94.2 Å². The highest BCUT2D eigenvalue weighted by Crippen LogP contribution is 2.41. The van der Waals surface area contributed by atoms with E-state index in [2.05, 4.69) is 5.32 Å². The van der Waals surface area contributed by atoms with Crippen molar-refractivity contribution in [2.45, 2.75) is 38.8 Å². The van der Waals surface area contributed by atoms with Crippen LogP contribution in [0.5, 0.6) is 17.2 Å². The van der Waals surface area contributed by atoms with Gasteiger partial charge in [-0.05, 0) is 51.1 Å². The molecule has 174 valence electrons. The summed E-state index contributed by atoms with van der Waals surface area (Å²) in [6.45, 7) is 5.70. The highest BCUT2D eigenvalue weighted by Gasteiger charge is 2.35. The molecule has 32 heavy (non-hydrogen) atoms. The number of fused-ring (bicyclic) bond motifs is 1. The van der Waals surface area contributed by atoms with Crippen molar-refractivity contribution in [1.82, 2.24) is 5.32 Å². The molecule has 1 amide bonds. The third-order valence-electron chi connectivity index (χ3n) is 5.13. The average Bonchev–Trinajstić information content (AvgIpc) is 2.71. The Kier molecular flexibility index (Phi) is 6.88. The minimum absolute atomic E-state index is 0.321. The summed E-state index contributed by atoms with van der Waals surface area (Å²) < 4.78 is 43.1. The fourth-order valence-electron chi connectivity index (χ4n) is 3.78. The van der Waals surface area contributed by atoms with Crippen molar-refractivity contribution in [2.24, 2.45) is 0 Å². The van der Waals surface area contributed by atoms with Crippen LogP contribution in [0.3, 0.4) is 0 Å². The maximum absolute atomic E-state index is 13.1. The number of nitrogens with one attached hydrogen (secondary N) is 1. The van der Waals surface area contributed by atoms with Gasteiger partial charge in [-0.25, -0.2) is 8.42 Å². The second kappa shape index (κ2) is 9.28. The van der Waals surface area contributed by atoms with Crippen molar-refractivity contribution < 1.29 is 27.4 Å². The first-order valence-electron chi connectivity index (χ1n) is 10.4. The summed E-state index contributed by atoms with van der Waals surface area (Å²) in [5.41, 5.74) is 0.608. The zero-order valence-electron chi connectivity index (χ0n) is 19.0. The number of anilines is 1. The van der Waals surface area contributed by atoms with Crippen LogP contribution in [0.25, 0.3) is 0 Å². The van der Waals surface area contributed by atoms with Gasteiger partial charge in [-0.1, -0.05) is 12.1 Å². The Bertz CT molecular complexity index is 1080. The van der Waals surface area contributed by atoms with Gasteiger partial charge in [0.1, 0.15) is 29.4 Å². The van der Waals surface area contributed by atoms with Gasteiger partial charge in [0.05, 0.1) is 31.7 Å². The molecular formula is C23H30N2O6S. The van der Waals surface area contributed by atoms with Gasteiger partial charge in [-0.3, -0.25) is 9.10 Å². The molecule has 1 aliphatic rings. The smallest absolute Gasteiger partial charge is 0.241 e. The third kappa shape index (κ3) is 5.45. The van der Waals surface area contributed by atoms with Gasteiger partial charge < -0.3 is 19.5 Å². The number of para-hydroxylation sites is 2. The SMILES string of the molecule is CCOc1ccccc1N(CC(=O)NC1CC(C)(C)Oc2ccc(OC)cc21)S(C)(=O)=O. The van der Waals surface area contributed by atoms with E-state index in [9.17, 15) is 13.2 Å². The van der Waals surface area contributed by atoms with Crippen LogP contribution >= 0.6 is 0 Å². The second-order valence-electron chi connectivity index (χ2n) is 8.26. The fourth-order valence-corrected chi connectivity index (χ4v) is 4.64. The molecule has 0 fully saturated rings. The van der Waals surface area contributed by atoms with Crippen LogP contribution < -0.4 is 23.8 Å². The Morgan fingerprint density at radius 2 is 1.97 bits per heavy atom. The van der Waals surface area contributed by atoms with E-state index in [4.69, 9.17) is 14.2 Å². The van der Waals surface area contributed by atoms with Crippen LogP contribution in [0.4, 0.5) is 5.69 Å². The van der Waals surface area contributed by atoms with Gasteiger partial charge in [-0.15, -0.1) is 0 Å². The standard InChI is InChI=1S/C23H30N2O6S/c1-6-30-21-10-8-7-9-19(21)25(32(5,27)28)15-22(26)24-18-14-23(2,3)31-20-12-11-16(29-4)13-17(18)20/h7-13,18H,6,14-15H2,1-5H3,(H,24,26). The van der Waals surface area contributed by atoms with E-state index < -0.39 is 21.5 Å². The molecule has 0 saturated carbocycles. The summed E-state index contributed by atoms with van der Waals surface area (Å²) in [6.07, 6.45) is 1.59. The van der Waals surface area contributed by atoms with Gasteiger partial charge in [-0.2, -0.15) is 0 Å². The maximum atomic E-state index is 13.1. The van der Waals surface area contributed by atoms with Gasteiger partial charge in [0.25, 0.3) is 0 Å². The van der Waals surface area contributed by atoms with Crippen LogP contribution in [-0.2, 0) is 14.8 Å². The highest BCUT2D eigenvalue weighted by molar-refractivity contribution is 7.92. The van der Waals surface area contributed by atoms with E-state index in [1.54, 1.807) is 37.4 Å². The molecule has 0 saturated heterocycles. The lowest BCUT2D eigenvalue weighted by Crippen LogP contribution is -2.45. The van der Waals surface area contributed by atoms with Crippen molar-refractivity contribution in [3.05, 3.63) is 48.0 Å². The summed E-state index contributed by atoms with van der Waals surface area (Å²) in [6, 6.07) is 11.8. The molecule has 2 aromatic rings. The molecule has 1 aliphatic heterocycles. The van der Waals surface area contributed by atoms with Gasteiger partial charge in [0, 0.05) is 12.0 Å². The number of carbonyl (C=O) groups is 1. The molecule has 1 heterocycles. The summed E-state index contributed by atoms with van der Waals surface area (Å²) in [5.74, 6) is 1.28. The Labute approximate surface area is 189 Å². The average molecular weight is 463 g/mol. The quantitative estimate of drug-likeness (QED) is 0.647. The number of methoxy groups -OCH3 is 1. The monoisotopic (exact) mass is 462 g/mol. The van der Waals surface area contributed by atoms with Crippen molar-refractivity contribution in [3.8, 4) is 17.2 Å². The molecule has 9 heteroatoms. The van der Waals surface area contributed by atoms with E-state index >= 15 is 0 Å². The zero-order valence-corrected chi connectivity index (χ0v) is 19.9. The first-order chi connectivity index (χ1) is 15.0. The predicted octanol–water partition coefficient (Wildman–Crippen LogP) is 3.28. The Balaban J connectivity index is 1.88. The number of carbonyl (C=O) groups excluding carboxylic acids is 1. The number of hydrogen-bond donors (Lipinski definition) is 1. The van der Waals surface area contributed by atoms with Gasteiger partial charge in [0.15, 0.2) is 0 Å². The third-order valence-corrected chi connectivity index (χ3v) is 6.26. The fraction of sp³-hybridized carbons (Fsp3) is 0.435. The number of benzene rings is 2. The largest absolute Gasteiger partial charge is 0.497 e. The predicted molar refractivity (Wildman–Crippen MR) is 123 cm³/mol. The van der Waals surface area contributed by atoms with E-state index in [1.165, 1.54) is 0 Å². The number of nitrogens with zero attached hydrogens (tertiary/aromatic N) is 1. The summed E-state index contributed by atoms with van der Waals surface area (Å²) in [4.78, 5) is 13.1. The first kappa shape index (κ1) is 23.7. The second-order valence-corrected chi connectivity index (χ2v) is 10.2. The summed E-state index contributed by atoms with van der Waals surface area (Å²) in [7, 11) is -2.17. The highest BCUT2D eigenvalue weighted by atomic mass is 32.2. The number of sulfonamides is 1. The van der Waals surface area contributed by atoms with Crippen LogP contribution in [-0.4, -0.2) is 46.4 Å². The molecule has 0 radical (unpaired) electrons. The normalized spacial score (nSPS) is 17.0. The molecule has 0 aromatic heterocycles. The lowest BCUT2D eigenvalue weighted by atomic mass is 9.89. The molecule has 1 atom stereocenters.